The van der Waals surface area contributed by atoms with Crippen molar-refractivity contribution in [3.8, 4) is 11.1 Å². The minimum Gasteiger partial charge on any atom is -0.339 e. The number of benzene rings is 2. The third-order valence-corrected chi connectivity index (χ3v) is 5.88. The molecule has 2 aromatic carbocycles. The molecule has 4 aromatic rings. The lowest BCUT2D eigenvalue weighted by Crippen LogP contribution is -1.96. The van der Waals surface area contributed by atoms with Gasteiger partial charge in [-0.3, -0.25) is 0 Å². The molecule has 2 aromatic heterocycles. The maximum atomic E-state index is 6.05. The fraction of sp³-hybridized carbons (Fsp3) is 0.0526. The maximum absolute atomic E-state index is 6.05. The van der Waals surface area contributed by atoms with E-state index in [2.05, 4.69) is 38.1 Å². The minimum absolute atomic E-state index is 0.726. The van der Waals surface area contributed by atoms with Gasteiger partial charge in [-0.1, -0.05) is 35.9 Å². The van der Waals surface area contributed by atoms with Crippen LogP contribution in [-0.4, -0.2) is 9.97 Å². The summed E-state index contributed by atoms with van der Waals surface area (Å²) in [5.41, 5.74) is 3.22. The van der Waals surface area contributed by atoms with Crippen LogP contribution in [0, 0.1) is 6.92 Å². The van der Waals surface area contributed by atoms with E-state index in [1.165, 1.54) is 4.88 Å². The fourth-order valence-corrected chi connectivity index (χ4v) is 4.32. The minimum atomic E-state index is 0.726. The topological polar surface area (TPSA) is 37.8 Å². The highest BCUT2D eigenvalue weighted by atomic mass is 79.9. The molecular formula is C19H13BrClN3S. The van der Waals surface area contributed by atoms with Gasteiger partial charge >= 0.3 is 0 Å². The number of aryl methyl sites for hydroxylation is 1. The Kier molecular flexibility index (Phi) is 4.46. The summed E-state index contributed by atoms with van der Waals surface area (Å²) in [6, 6.07) is 15.9. The molecule has 124 valence electrons. The van der Waals surface area contributed by atoms with Crippen molar-refractivity contribution in [1.29, 1.82) is 0 Å². The van der Waals surface area contributed by atoms with Gasteiger partial charge in [0, 0.05) is 19.9 Å². The molecule has 0 aliphatic carbocycles. The van der Waals surface area contributed by atoms with Crippen molar-refractivity contribution in [2.24, 2.45) is 0 Å². The van der Waals surface area contributed by atoms with E-state index in [1.54, 1.807) is 17.7 Å². The van der Waals surface area contributed by atoms with Crippen molar-refractivity contribution in [1.82, 2.24) is 9.97 Å². The molecule has 0 saturated heterocycles. The largest absolute Gasteiger partial charge is 0.339 e. The van der Waals surface area contributed by atoms with Gasteiger partial charge in [0.1, 0.15) is 17.0 Å². The van der Waals surface area contributed by atoms with E-state index in [4.69, 9.17) is 11.6 Å². The molecule has 1 N–H and O–H groups in total. The number of rotatable bonds is 3. The van der Waals surface area contributed by atoms with Crippen LogP contribution in [0.2, 0.25) is 5.02 Å². The number of nitrogens with one attached hydrogen (secondary N) is 1. The van der Waals surface area contributed by atoms with E-state index in [1.807, 2.05) is 48.5 Å². The second-order valence-corrected chi connectivity index (χ2v) is 8.04. The van der Waals surface area contributed by atoms with Gasteiger partial charge in [0.15, 0.2) is 0 Å². The van der Waals surface area contributed by atoms with Crippen molar-refractivity contribution in [3.05, 3.63) is 69.2 Å². The van der Waals surface area contributed by atoms with Gasteiger partial charge in [-0.25, -0.2) is 9.97 Å². The number of thiophene rings is 1. The number of aromatic nitrogens is 2. The SMILES string of the molecule is Cc1sc2ncnc(Nc3ccccc3Br)c2c1-c1ccc(Cl)cc1. The predicted molar refractivity (Wildman–Crippen MR) is 110 cm³/mol. The molecule has 0 amide bonds. The molecule has 0 saturated carbocycles. The highest BCUT2D eigenvalue weighted by molar-refractivity contribution is 9.10. The quantitative estimate of drug-likeness (QED) is 0.387. The Morgan fingerprint density at radius 1 is 1.04 bits per heavy atom. The highest BCUT2D eigenvalue weighted by Crippen LogP contribution is 2.41. The van der Waals surface area contributed by atoms with Gasteiger partial charge in [0.25, 0.3) is 0 Å². The zero-order valence-electron chi connectivity index (χ0n) is 13.3. The van der Waals surface area contributed by atoms with Crippen LogP contribution in [0.15, 0.2) is 59.3 Å². The van der Waals surface area contributed by atoms with Gasteiger partial charge in [-0.05, 0) is 52.7 Å². The Hall–Kier alpha value is -1.95. The summed E-state index contributed by atoms with van der Waals surface area (Å²) in [6.45, 7) is 2.11. The summed E-state index contributed by atoms with van der Waals surface area (Å²) in [6.07, 6.45) is 1.60. The first-order valence-electron chi connectivity index (χ1n) is 7.65. The number of hydrogen-bond acceptors (Lipinski definition) is 4. The number of halogens is 2. The summed E-state index contributed by atoms with van der Waals surface area (Å²) in [4.78, 5) is 11.1. The molecule has 2 heterocycles. The van der Waals surface area contributed by atoms with E-state index < -0.39 is 0 Å². The lowest BCUT2D eigenvalue weighted by atomic mass is 10.0. The van der Waals surface area contributed by atoms with Gasteiger partial charge in [-0.2, -0.15) is 0 Å². The van der Waals surface area contributed by atoms with Crippen LogP contribution in [0.4, 0.5) is 11.5 Å². The van der Waals surface area contributed by atoms with Gasteiger partial charge in [0.2, 0.25) is 0 Å². The molecule has 0 atom stereocenters. The van der Waals surface area contributed by atoms with E-state index in [-0.39, 0.29) is 0 Å². The average Bonchev–Trinajstić information content (AvgIpc) is 2.95. The van der Waals surface area contributed by atoms with Crippen molar-refractivity contribution in [2.45, 2.75) is 6.92 Å². The van der Waals surface area contributed by atoms with E-state index >= 15 is 0 Å². The molecule has 0 spiro atoms. The first-order valence-corrected chi connectivity index (χ1v) is 9.64. The molecule has 6 heteroatoms. The third-order valence-electron chi connectivity index (χ3n) is 3.92. The monoisotopic (exact) mass is 429 g/mol. The first-order chi connectivity index (χ1) is 12.1. The summed E-state index contributed by atoms with van der Waals surface area (Å²) < 4.78 is 0.988. The Bertz CT molecular complexity index is 1060. The van der Waals surface area contributed by atoms with Gasteiger partial charge in [0.05, 0.1) is 11.1 Å². The molecule has 3 nitrogen and oxygen atoms in total. The summed E-state index contributed by atoms with van der Waals surface area (Å²) in [5, 5.41) is 5.19. The van der Waals surface area contributed by atoms with Crippen LogP contribution in [0.5, 0.6) is 0 Å². The molecule has 4 rings (SSSR count). The van der Waals surface area contributed by atoms with Crippen molar-refractivity contribution in [3.63, 3.8) is 0 Å². The third kappa shape index (κ3) is 3.15. The molecule has 0 unspecified atom stereocenters. The zero-order valence-corrected chi connectivity index (χ0v) is 16.4. The standard InChI is InChI=1S/C19H13BrClN3S/c1-11-16(12-6-8-13(21)9-7-12)17-18(22-10-23-19(17)25-11)24-15-5-3-2-4-14(15)20/h2-10H,1H3,(H,22,23,24). The van der Waals surface area contributed by atoms with Gasteiger partial charge < -0.3 is 5.32 Å². The Morgan fingerprint density at radius 2 is 1.80 bits per heavy atom. The van der Waals surface area contributed by atoms with E-state index in [9.17, 15) is 0 Å². The summed E-state index contributed by atoms with van der Waals surface area (Å²) in [7, 11) is 0. The maximum Gasteiger partial charge on any atom is 0.143 e. The fourth-order valence-electron chi connectivity index (χ4n) is 2.79. The number of para-hydroxylation sites is 1. The Balaban J connectivity index is 1.91. The number of fused-ring (bicyclic) bond motifs is 1. The molecule has 0 bridgehead atoms. The first kappa shape index (κ1) is 16.5. The summed E-state index contributed by atoms with van der Waals surface area (Å²) in [5.74, 6) is 0.797. The molecule has 0 aliphatic rings. The second kappa shape index (κ2) is 6.75. The highest BCUT2D eigenvalue weighted by Gasteiger charge is 2.17. The molecule has 0 fully saturated rings. The van der Waals surface area contributed by atoms with Crippen LogP contribution in [0.3, 0.4) is 0 Å². The number of nitrogens with zero attached hydrogens (tertiary/aromatic N) is 2. The number of hydrogen-bond donors (Lipinski definition) is 1. The molecule has 0 radical (unpaired) electrons. The second-order valence-electron chi connectivity index (χ2n) is 5.55. The van der Waals surface area contributed by atoms with Crippen molar-refractivity contribution in [2.75, 3.05) is 5.32 Å². The molecule has 0 aliphatic heterocycles. The van der Waals surface area contributed by atoms with E-state index in [0.29, 0.717) is 0 Å². The normalized spacial score (nSPS) is 11.0. The zero-order chi connectivity index (χ0) is 17.4. The van der Waals surface area contributed by atoms with Crippen LogP contribution in [0.25, 0.3) is 21.3 Å². The number of anilines is 2. The van der Waals surface area contributed by atoms with Crippen LogP contribution >= 0.6 is 38.9 Å². The van der Waals surface area contributed by atoms with Crippen molar-refractivity contribution < 1.29 is 0 Å². The smallest absolute Gasteiger partial charge is 0.143 e. The molecule has 25 heavy (non-hydrogen) atoms. The van der Waals surface area contributed by atoms with Crippen LogP contribution < -0.4 is 5.32 Å². The Morgan fingerprint density at radius 3 is 2.56 bits per heavy atom. The Labute approximate surface area is 162 Å². The lowest BCUT2D eigenvalue weighted by molar-refractivity contribution is 1.23. The van der Waals surface area contributed by atoms with Crippen LogP contribution in [0.1, 0.15) is 4.88 Å². The van der Waals surface area contributed by atoms with Gasteiger partial charge in [-0.15, -0.1) is 11.3 Å². The molecular weight excluding hydrogens is 418 g/mol. The van der Waals surface area contributed by atoms with E-state index in [0.717, 1.165) is 42.3 Å². The lowest BCUT2D eigenvalue weighted by Gasteiger charge is -2.10. The average molecular weight is 431 g/mol. The van der Waals surface area contributed by atoms with Crippen LogP contribution in [-0.2, 0) is 0 Å². The summed E-state index contributed by atoms with van der Waals surface area (Å²) >= 11 is 11.3. The van der Waals surface area contributed by atoms with Crippen molar-refractivity contribution >= 4 is 60.6 Å². The predicted octanol–water partition coefficient (Wildman–Crippen LogP) is 6.83.